The summed E-state index contributed by atoms with van der Waals surface area (Å²) in [6.07, 6.45) is 0. The lowest BCUT2D eigenvalue weighted by atomic mass is 10.1. The van der Waals surface area contributed by atoms with E-state index in [1.165, 1.54) is 19.1 Å². The van der Waals surface area contributed by atoms with Gasteiger partial charge in [0.2, 0.25) is 11.6 Å². The molecule has 2 aromatic heterocycles. The molecule has 0 aliphatic carbocycles. The molecular weight excluding hydrogens is 468 g/mol. The van der Waals surface area contributed by atoms with Crippen LogP contribution in [0, 0.1) is 11.3 Å². The van der Waals surface area contributed by atoms with Crippen molar-refractivity contribution in [3.63, 3.8) is 0 Å². The second-order valence-electron chi connectivity index (χ2n) is 5.59. The van der Waals surface area contributed by atoms with Gasteiger partial charge < -0.3 is 4.74 Å². The maximum absolute atomic E-state index is 12.1. The van der Waals surface area contributed by atoms with Gasteiger partial charge in [-0.1, -0.05) is 25.4 Å². The fourth-order valence-electron chi connectivity index (χ4n) is 2.23. The molecule has 0 saturated carbocycles. The maximum atomic E-state index is 12.1. The summed E-state index contributed by atoms with van der Waals surface area (Å²) in [6.45, 7) is -1.26. The summed E-state index contributed by atoms with van der Waals surface area (Å²) in [5.74, 6) is -1.76. The number of nitriles is 1. The van der Waals surface area contributed by atoms with E-state index in [1.54, 1.807) is 6.07 Å². The van der Waals surface area contributed by atoms with E-state index in [0.29, 0.717) is 0 Å². The third-order valence-electron chi connectivity index (χ3n) is 3.54. The highest BCUT2D eigenvalue weighted by Gasteiger charge is 2.16. The summed E-state index contributed by atoms with van der Waals surface area (Å²) in [7, 11) is 0. The Morgan fingerprint density at radius 3 is 2.83 bits per heavy atom. The maximum Gasteiger partial charge on any atom is 0.349 e. The number of benzene rings is 1. The monoisotopic (exact) mass is 482 g/mol. The third kappa shape index (κ3) is 4.13. The van der Waals surface area contributed by atoms with Crippen molar-refractivity contribution in [1.29, 1.82) is 5.26 Å². The summed E-state index contributed by atoms with van der Waals surface area (Å²) in [5.41, 5.74) is -3.53. The lowest BCUT2D eigenvalue weighted by molar-refractivity contribution is 0.449. The first-order valence-electron chi connectivity index (χ1n) is 9.75. The molecule has 0 saturated heterocycles. The Hall–Kier alpha value is -3.23. The van der Waals surface area contributed by atoms with Crippen LogP contribution in [0.2, 0.25) is 5.02 Å². The summed E-state index contributed by atoms with van der Waals surface area (Å²) < 4.78 is 37.3. The largest absolute Gasteiger partial charge is 0.435 e. The summed E-state index contributed by atoms with van der Waals surface area (Å²) in [4.78, 5) is 37.7. The van der Waals surface area contributed by atoms with Crippen molar-refractivity contribution < 1.29 is 10.2 Å². The number of nitrogens with one attached hydrogen (secondary N) is 2. The summed E-state index contributed by atoms with van der Waals surface area (Å²) >= 11 is 9.47. The predicted octanol–water partition coefficient (Wildman–Crippen LogP) is 2.21. The van der Waals surface area contributed by atoms with Crippen molar-refractivity contribution in [1.82, 2.24) is 25.0 Å². The molecule has 2 N–H and O–H groups in total. The molecule has 0 amide bonds. The van der Waals surface area contributed by atoms with Gasteiger partial charge in [-0.05, 0) is 34.0 Å². The highest BCUT2D eigenvalue weighted by molar-refractivity contribution is 9.10. The normalized spacial score (nSPS) is 14.1. The Balaban J connectivity index is 2.08. The number of aromatic nitrogens is 5. The van der Waals surface area contributed by atoms with E-state index in [-0.39, 0.29) is 26.5 Å². The molecule has 10 nitrogen and oxygen atoms in total. The zero-order valence-corrected chi connectivity index (χ0v) is 16.8. The van der Waals surface area contributed by atoms with Crippen molar-refractivity contribution in [2.45, 2.75) is 19.7 Å². The molecule has 12 heteroatoms. The van der Waals surface area contributed by atoms with Gasteiger partial charge in [-0.15, -0.1) is 10.2 Å². The Morgan fingerprint density at radius 2 is 2.17 bits per heavy atom. The summed E-state index contributed by atoms with van der Waals surface area (Å²) in [6, 6.07) is 3.59. The zero-order chi connectivity index (χ0) is 24.7. The Bertz CT molecular complexity index is 1450. The van der Waals surface area contributed by atoms with Crippen LogP contribution < -0.4 is 21.5 Å². The minimum Gasteiger partial charge on any atom is -0.435 e. The number of aromatic amines is 2. The molecule has 0 bridgehead atoms. The Labute approximate surface area is 181 Å². The van der Waals surface area contributed by atoms with Crippen LogP contribution in [0.3, 0.4) is 0 Å². The van der Waals surface area contributed by atoms with Crippen molar-refractivity contribution >= 4 is 27.5 Å². The van der Waals surface area contributed by atoms with E-state index in [9.17, 15) is 14.4 Å². The van der Waals surface area contributed by atoms with Crippen LogP contribution in [0.25, 0.3) is 5.69 Å². The molecule has 1 unspecified atom stereocenters. The molecule has 148 valence electrons. The van der Waals surface area contributed by atoms with Crippen LogP contribution >= 0.6 is 27.5 Å². The lowest BCUT2D eigenvalue weighted by Gasteiger charge is -2.12. The second-order valence-corrected chi connectivity index (χ2v) is 6.85. The molecule has 1 atom stereocenters. The number of halogens is 2. The molecule has 0 fully saturated rings. The van der Waals surface area contributed by atoms with Crippen molar-refractivity contribution in [3.05, 3.63) is 70.1 Å². The van der Waals surface area contributed by atoms with Crippen molar-refractivity contribution in [3.8, 4) is 23.4 Å². The van der Waals surface area contributed by atoms with Gasteiger partial charge in [-0.3, -0.25) is 14.6 Å². The highest BCUT2D eigenvalue weighted by Crippen LogP contribution is 2.37. The first-order chi connectivity index (χ1) is 15.3. The summed E-state index contributed by atoms with van der Waals surface area (Å²) in [5, 5.41) is 18.3. The molecule has 2 heterocycles. The molecule has 0 radical (unpaired) electrons. The predicted molar refractivity (Wildman–Crippen MR) is 107 cm³/mol. The first-order valence-corrected chi connectivity index (χ1v) is 8.92. The number of hydrogen-bond acceptors (Lipinski definition) is 7. The molecule has 1 aromatic carbocycles. The fraction of sp³-hybridized carbons (Fsp3) is 0.176. The van der Waals surface area contributed by atoms with Crippen LogP contribution in [-0.2, 0) is 0 Å². The number of H-pyrrole nitrogens is 2. The molecule has 3 rings (SSSR count). The minimum atomic E-state index is -2.54. The van der Waals surface area contributed by atoms with Gasteiger partial charge in [0.15, 0.2) is 5.75 Å². The number of rotatable bonds is 4. The highest BCUT2D eigenvalue weighted by atomic mass is 79.9. The van der Waals surface area contributed by atoms with Crippen LogP contribution in [0.5, 0.6) is 11.6 Å². The van der Waals surface area contributed by atoms with Crippen molar-refractivity contribution in [2.75, 3.05) is 0 Å². The third-order valence-corrected chi connectivity index (χ3v) is 4.41. The Kier molecular flexibility index (Phi) is 4.33. The molecular formula is C17H12BrClN6O4. The van der Waals surface area contributed by atoms with E-state index in [0.717, 1.165) is 4.68 Å². The van der Waals surface area contributed by atoms with Crippen LogP contribution in [0.1, 0.15) is 36.4 Å². The fourth-order valence-corrected chi connectivity index (χ4v) is 3.12. The van der Waals surface area contributed by atoms with E-state index in [2.05, 4.69) is 31.2 Å². The molecule has 3 aromatic rings. The smallest absolute Gasteiger partial charge is 0.349 e. The van der Waals surface area contributed by atoms with E-state index in [4.69, 9.17) is 27.1 Å². The van der Waals surface area contributed by atoms with E-state index < -0.39 is 47.2 Å². The standard InChI is InChI=1S/C17H12BrClN6O4/c1-7(2)9-5-13(22-23-15(9)26)29-14-10(18)3-8(4-11(14)19)25-17(28)21-16(27)12(6-20)24-25/h3-5,7H,1-2H3,(H,23,26)(H,21,27,28)/i1D3,5D. The average Bonchev–Trinajstić information content (AvgIpc) is 2.71. The van der Waals surface area contributed by atoms with Gasteiger partial charge in [-0.2, -0.15) is 9.94 Å². The molecule has 0 spiro atoms. The van der Waals surface area contributed by atoms with Gasteiger partial charge in [-0.25, -0.2) is 9.89 Å². The topological polar surface area (TPSA) is 147 Å². The SMILES string of the molecule is [2H]c1c(Oc2c(Cl)cc(-n3nc(C#N)c(=O)[nH]c3=O)cc2Br)n[nH]c(=O)c1C(C)C([2H])([2H])[2H]. The number of nitrogens with zero attached hydrogens (tertiary/aromatic N) is 4. The van der Waals surface area contributed by atoms with E-state index >= 15 is 0 Å². The molecule has 0 aliphatic heterocycles. The number of hydrogen-bond donors (Lipinski definition) is 2. The van der Waals surface area contributed by atoms with Gasteiger partial charge in [0.1, 0.15) is 6.07 Å². The van der Waals surface area contributed by atoms with Crippen molar-refractivity contribution in [2.24, 2.45) is 0 Å². The van der Waals surface area contributed by atoms with Gasteiger partial charge in [0, 0.05) is 15.7 Å². The van der Waals surface area contributed by atoms with Gasteiger partial charge >= 0.3 is 5.69 Å². The van der Waals surface area contributed by atoms with Crippen LogP contribution in [0.15, 0.2) is 37.0 Å². The van der Waals surface area contributed by atoms with Crippen LogP contribution in [-0.4, -0.2) is 25.0 Å². The Morgan fingerprint density at radius 1 is 1.41 bits per heavy atom. The van der Waals surface area contributed by atoms with Gasteiger partial charge in [0.05, 0.1) is 16.6 Å². The number of ether oxygens (including phenoxy) is 1. The quantitative estimate of drug-likeness (QED) is 0.578. The lowest BCUT2D eigenvalue weighted by Crippen LogP contribution is -2.33. The zero-order valence-electron chi connectivity index (χ0n) is 18.4. The first kappa shape index (κ1) is 15.7. The molecule has 29 heavy (non-hydrogen) atoms. The molecule has 0 aliphatic rings. The van der Waals surface area contributed by atoms with Gasteiger partial charge in [0.25, 0.3) is 11.1 Å². The van der Waals surface area contributed by atoms with E-state index in [1.807, 2.05) is 4.98 Å². The average molecular weight is 484 g/mol. The second kappa shape index (κ2) is 8.02. The minimum absolute atomic E-state index is 0.0641. The van der Waals surface area contributed by atoms with Crippen LogP contribution in [0.4, 0.5) is 0 Å².